The Balaban J connectivity index is 2.03. The summed E-state index contributed by atoms with van der Waals surface area (Å²) in [6, 6.07) is 16.1. The van der Waals surface area contributed by atoms with Gasteiger partial charge in [0.15, 0.2) is 0 Å². The highest BCUT2D eigenvalue weighted by Crippen LogP contribution is 2.62. The van der Waals surface area contributed by atoms with E-state index in [1.165, 1.54) is 17.7 Å². The molecule has 0 aliphatic heterocycles. The van der Waals surface area contributed by atoms with Crippen LogP contribution < -0.4 is 9.05 Å². The lowest BCUT2D eigenvalue weighted by molar-refractivity contribution is 0.177. The van der Waals surface area contributed by atoms with Crippen LogP contribution in [-0.2, 0) is 18.0 Å². The van der Waals surface area contributed by atoms with Crippen molar-refractivity contribution in [1.29, 1.82) is 0 Å². The number of benzene rings is 2. The second kappa shape index (κ2) is 12.2. The molecule has 9 heteroatoms. The van der Waals surface area contributed by atoms with E-state index in [1.54, 1.807) is 48.5 Å². The highest BCUT2D eigenvalue weighted by Gasteiger charge is 2.41. The minimum absolute atomic E-state index is 0.0332. The van der Waals surface area contributed by atoms with Crippen LogP contribution >= 0.6 is 15.6 Å². The molecule has 3 atom stereocenters. The minimum atomic E-state index is -4.79. The fourth-order valence-corrected chi connectivity index (χ4v) is 5.22. The van der Waals surface area contributed by atoms with Crippen LogP contribution in [-0.4, -0.2) is 11.5 Å². The molecule has 2 aromatic rings. The average Bonchev–Trinajstić information content (AvgIpc) is 2.68. The van der Waals surface area contributed by atoms with Gasteiger partial charge in [-0.3, -0.25) is 9.42 Å². The number of phosphoric acid groups is 2. The average molecular weight is 468 g/mol. The summed E-state index contributed by atoms with van der Waals surface area (Å²) in [5.74, 6) is 0.567. The third-order valence-corrected chi connectivity index (χ3v) is 7.20. The van der Waals surface area contributed by atoms with Crippen molar-refractivity contribution in [2.45, 2.75) is 40.0 Å². The molecular weight excluding hydrogens is 438 g/mol. The summed E-state index contributed by atoms with van der Waals surface area (Å²) in [5, 5.41) is 0. The molecule has 0 saturated heterocycles. The number of phosphoric ester groups is 2. The van der Waals surface area contributed by atoms with Crippen LogP contribution in [0.3, 0.4) is 0 Å². The number of hydrogen-bond acceptors (Lipinski definition) is 6. The SMILES string of the molecule is CC(C)=CCCC(C)CCOP(=O)(Oc1ccccc1)OP(=O)(O)Oc1ccccc1. The van der Waals surface area contributed by atoms with E-state index in [-0.39, 0.29) is 18.1 Å². The molecule has 2 aromatic carbocycles. The van der Waals surface area contributed by atoms with Crippen molar-refractivity contribution in [3.63, 3.8) is 0 Å². The van der Waals surface area contributed by atoms with Crippen molar-refractivity contribution in [3.8, 4) is 11.5 Å². The van der Waals surface area contributed by atoms with Crippen molar-refractivity contribution in [2.75, 3.05) is 6.61 Å². The molecule has 0 spiro atoms. The first kappa shape index (κ1) is 25.4. The highest BCUT2D eigenvalue weighted by molar-refractivity contribution is 7.62. The van der Waals surface area contributed by atoms with Gasteiger partial charge < -0.3 is 9.05 Å². The number of para-hydroxylation sites is 2. The van der Waals surface area contributed by atoms with Crippen molar-refractivity contribution in [2.24, 2.45) is 5.92 Å². The first-order valence-corrected chi connectivity index (χ1v) is 13.0. The smallest absolute Gasteiger partial charge is 0.404 e. The number of hydrogen-bond donors (Lipinski definition) is 1. The molecule has 1 N–H and O–H groups in total. The Hall–Kier alpha value is -1.88. The fourth-order valence-electron chi connectivity index (χ4n) is 2.60. The maximum absolute atomic E-state index is 13.2. The molecular formula is C22H30O7P2. The van der Waals surface area contributed by atoms with Crippen LogP contribution in [0.1, 0.15) is 40.0 Å². The van der Waals surface area contributed by atoms with Crippen molar-refractivity contribution < 1.29 is 31.9 Å². The van der Waals surface area contributed by atoms with E-state index in [0.717, 1.165) is 12.8 Å². The van der Waals surface area contributed by atoms with Gasteiger partial charge in [-0.2, -0.15) is 4.31 Å². The van der Waals surface area contributed by atoms with Crippen LogP contribution in [0.25, 0.3) is 0 Å². The van der Waals surface area contributed by atoms with Gasteiger partial charge in [0, 0.05) is 0 Å². The van der Waals surface area contributed by atoms with E-state index >= 15 is 0 Å². The molecule has 0 aliphatic rings. The normalized spacial score (nSPS) is 15.9. The summed E-state index contributed by atoms with van der Waals surface area (Å²) in [6.07, 6.45) is 4.62. The molecule has 2 rings (SSSR count). The molecule has 0 amide bonds. The molecule has 7 nitrogen and oxygen atoms in total. The Morgan fingerprint density at radius 1 is 0.935 bits per heavy atom. The molecule has 0 aliphatic carbocycles. The molecule has 0 saturated carbocycles. The Morgan fingerprint density at radius 2 is 1.48 bits per heavy atom. The first-order valence-electron chi connectivity index (χ1n) is 10.1. The van der Waals surface area contributed by atoms with Crippen LogP contribution in [0, 0.1) is 5.92 Å². The van der Waals surface area contributed by atoms with E-state index < -0.39 is 15.6 Å². The van der Waals surface area contributed by atoms with Crippen LogP contribution in [0.15, 0.2) is 72.3 Å². The quantitative estimate of drug-likeness (QED) is 0.246. The fraction of sp³-hybridized carbons (Fsp3) is 0.364. The molecule has 0 bridgehead atoms. The van der Waals surface area contributed by atoms with E-state index in [4.69, 9.17) is 17.9 Å². The van der Waals surface area contributed by atoms with Crippen molar-refractivity contribution in [1.82, 2.24) is 0 Å². The largest absolute Gasteiger partial charge is 0.539 e. The molecule has 0 fully saturated rings. The summed E-state index contributed by atoms with van der Waals surface area (Å²) in [4.78, 5) is 10.1. The Bertz CT molecular complexity index is 912. The second-order valence-electron chi connectivity index (χ2n) is 7.39. The summed E-state index contributed by atoms with van der Waals surface area (Å²) in [7, 11) is -9.23. The van der Waals surface area contributed by atoms with Gasteiger partial charge in [-0.1, -0.05) is 55.0 Å². The van der Waals surface area contributed by atoms with Crippen LogP contribution in [0.5, 0.6) is 11.5 Å². The Morgan fingerprint density at radius 3 is 2.03 bits per heavy atom. The summed E-state index contributed by atoms with van der Waals surface area (Å²) in [6.45, 7) is 6.19. The predicted octanol–water partition coefficient (Wildman–Crippen LogP) is 7.16. The second-order valence-corrected chi connectivity index (χ2v) is 10.5. The van der Waals surface area contributed by atoms with Gasteiger partial charge in [0.2, 0.25) is 0 Å². The maximum atomic E-state index is 13.2. The Labute approximate surface area is 184 Å². The van der Waals surface area contributed by atoms with Gasteiger partial charge in [-0.05, 0) is 63.3 Å². The lowest BCUT2D eigenvalue weighted by Gasteiger charge is -2.21. The lowest BCUT2D eigenvalue weighted by atomic mass is 10.0. The van der Waals surface area contributed by atoms with Gasteiger partial charge in [0.25, 0.3) is 0 Å². The van der Waals surface area contributed by atoms with Gasteiger partial charge >= 0.3 is 15.6 Å². The van der Waals surface area contributed by atoms with E-state index in [0.29, 0.717) is 12.3 Å². The summed E-state index contributed by atoms with van der Waals surface area (Å²) >= 11 is 0. The zero-order chi connectivity index (χ0) is 22.7. The third-order valence-electron chi connectivity index (χ3n) is 4.20. The minimum Gasteiger partial charge on any atom is -0.404 e. The van der Waals surface area contributed by atoms with Crippen molar-refractivity contribution in [3.05, 3.63) is 72.3 Å². The van der Waals surface area contributed by atoms with E-state index in [9.17, 15) is 14.0 Å². The molecule has 0 aromatic heterocycles. The van der Waals surface area contributed by atoms with Gasteiger partial charge in [0.1, 0.15) is 11.5 Å². The Kier molecular flexibility index (Phi) is 10.0. The zero-order valence-electron chi connectivity index (χ0n) is 18.0. The molecule has 0 heterocycles. The zero-order valence-corrected chi connectivity index (χ0v) is 19.8. The van der Waals surface area contributed by atoms with Crippen LogP contribution in [0.2, 0.25) is 0 Å². The molecule has 31 heavy (non-hydrogen) atoms. The number of allylic oxidation sites excluding steroid dienone is 2. The maximum Gasteiger partial charge on any atom is 0.539 e. The molecule has 0 radical (unpaired) electrons. The van der Waals surface area contributed by atoms with Crippen LogP contribution in [0.4, 0.5) is 0 Å². The summed E-state index contributed by atoms with van der Waals surface area (Å²) in [5.41, 5.74) is 1.26. The highest BCUT2D eigenvalue weighted by atomic mass is 31.3. The van der Waals surface area contributed by atoms with Gasteiger partial charge in [-0.25, -0.2) is 9.13 Å². The summed E-state index contributed by atoms with van der Waals surface area (Å²) < 4.78 is 46.3. The topological polar surface area (TPSA) is 91.3 Å². The van der Waals surface area contributed by atoms with Crippen molar-refractivity contribution >= 4 is 15.6 Å². The molecule has 170 valence electrons. The van der Waals surface area contributed by atoms with Gasteiger partial charge in [0.05, 0.1) is 6.61 Å². The first-order chi connectivity index (χ1) is 14.7. The predicted molar refractivity (Wildman–Crippen MR) is 121 cm³/mol. The monoisotopic (exact) mass is 468 g/mol. The third kappa shape index (κ3) is 10.3. The standard InChI is InChI=1S/C22H30O7P2/c1-19(2)11-10-12-20(3)17-18-26-31(25,28-22-15-8-5-9-16-22)29-30(23,24)27-21-13-6-4-7-14-21/h4-9,11,13-16,20H,10,12,17-18H2,1-3H3,(H,23,24). The van der Waals surface area contributed by atoms with E-state index in [1.807, 2.05) is 13.8 Å². The lowest BCUT2D eigenvalue weighted by Crippen LogP contribution is -2.07. The van der Waals surface area contributed by atoms with E-state index in [2.05, 4.69) is 13.0 Å². The van der Waals surface area contributed by atoms with Gasteiger partial charge in [-0.15, -0.1) is 0 Å². The molecule has 3 unspecified atom stereocenters. The number of rotatable bonds is 13.